The summed E-state index contributed by atoms with van der Waals surface area (Å²) in [5, 5.41) is 3.01. The molecular formula is C23H38N3O3+. The van der Waals surface area contributed by atoms with Crippen molar-refractivity contribution in [3.8, 4) is 0 Å². The van der Waals surface area contributed by atoms with Gasteiger partial charge in [0.2, 0.25) is 5.91 Å². The largest absolute Gasteiger partial charge is 0.443 e. The molecule has 2 amide bonds. The van der Waals surface area contributed by atoms with Crippen molar-refractivity contribution in [2.24, 2.45) is 5.92 Å². The van der Waals surface area contributed by atoms with Crippen molar-refractivity contribution in [1.82, 2.24) is 10.2 Å². The first-order chi connectivity index (χ1) is 13.6. The first-order valence-corrected chi connectivity index (χ1v) is 10.7. The van der Waals surface area contributed by atoms with Gasteiger partial charge in [-0.2, -0.15) is 0 Å². The number of nitrogens with one attached hydrogen (secondary N) is 1. The number of ether oxygens (including phenoxy) is 1. The maximum absolute atomic E-state index is 12.6. The van der Waals surface area contributed by atoms with Gasteiger partial charge < -0.3 is 19.4 Å². The molecule has 0 saturated carbocycles. The second kappa shape index (κ2) is 10.1. The number of rotatable bonds is 8. The highest BCUT2D eigenvalue weighted by atomic mass is 16.6. The topological polar surface area (TPSA) is 58.6 Å². The van der Waals surface area contributed by atoms with Crippen LogP contribution in [0, 0.1) is 5.92 Å². The Bertz CT molecular complexity index is 660. The van der Waals surface area contributed by atoms with Crippen LogP contribution in [-0.4, -0.2) is 67.8 Å². The lowest BCUT2D eigenvalue weighted by atomic mass is 9.96. The van der Waals surface area contributed by atoms with Gasteiger partial charge in [-0.1, -0.05) is 30.3 Å². The number of benzene rings is 1. The zero-order valence-corrected chi connectivity index (χ0v) is 18.7. The highest BCUT2D eigenvalue weighted by Gasteiger charge is 2.31. The Morgan fingerprint density at radius 3 is 2.34 bits per heavy atom. The first-order valence-electron chi connectivity index (χ1n) is 10.7. The van der Waals surface area contributed by atoms with E-state index >= 15 is 0 Å². The fourth-order valence-corrected chi connectivity index (χ4v) is 3.58. The van der Waals surface area contributed by atoms with E-state index in [4.69, 9.17) is 4.74 Å². The number of carbonyl (C=O) groups is 2. The van der Waals surface area contributed by atoms with Crippen LogP contribution in [0.1, 0.15) is 45.1 Å². The molecule has 1 saturated heterocycles. The number of carbonyl (C=O) groups excluding carboxylic acids is 2. The minimum absolute atomic E-state index is 0.0414. The molecule has 1 aliphatic rings. The van der Waals surface area contributed by atoms with E-state index < -0.39 is 5.60 Å². The van der Waals surface area contributed by atoms with Gasteiger partial charge in [0.1, 0.15) is 5.60 Å². The van der Waals surface area contributed by atoms with Crippen LogP contribution < -0.4 is 5.32 Å². The average Bonchev–Trinajstić information content (AvgIpc) is 2.65. The summed E-state index contributed by atoms with van der Waals surface area (Å²) >= 11 is 0. The lowest BCUT2D eigenvalue weighted by Crippen LogP contribution is -2.45. The molecule has 6 nitrogen and oxygen atoms in total. The van der Waals surface area contributed by atoms with E-state index in [1.807, 2.05) is 44.2 Å². The van der Waals surface area contributed by atoms with Crippen molar-refractivity contribution >= 4 is 12.0 Å². The van der Waals surface area contributed by atoms with Gasteiger partial charge in [0.15, 0.2) is 0 Å². The van der Waals surface area contributed by atoms with Crippen molar-refractivity contribution in [2.45, 2.75) is 51.7 Å². The quantitative estimate of drug-likeness (QED) is 0.676. The van der Waals surface area contributed by atoms with Gasteiger partial charge in [-0.25, -0.2) is 4.79 Å². The highest BCUT2D eigenvalue weighted by molar-refractivity contribution is 5.79. The number of hydrogen-bond donors (Lipinski definition) is 1. The van der Waals surface area contributed by atoms with E-state index in [9.17, 15) is 9.59 Å². The van der Waals surface area contributed by atoms with Gasteiger partial charge in [0.05, 0.1) is 27.7 Å². The van der Waals surface area contributed by atoms with Crippen LogP contribution in [-0.2, 0) is 16.1 Å². The van der Waals surface area contributed by atoms with Crippen molar-refractivity contribution in [1.29, 1.82) is 0 Å². The van der Waals surface area contributed by atoms with Crippen molar-refractivity contribution < 1.29 is 18.8 Å². The lowest BCUT2D eigenvalue weighted by molar-refractivity contribution is -0.870. The standard InChI is InChI=1S/C23H37N3O3/c1-23(2,14-9-17-26(3,4)5)29-22(28)25-15-12-20(13-16-25)21(27)24-18-19-10-7-6-8-11-19/h6-8,10-11,20H,9,12-18H2,1-5H3/p+1. The molecule has 0 spiro atoms. The van der Waals surface area contributed by atoms with E-state index in [0.717, 1.165) is 29.4 Å². The molecular weight excluding hydrogens is 366 g/mol. The Labute approximate surface area is 175 Å². The third kappa shape index (κ3) is 8.44. The Hall–Kier alpha value is -2.08. The summed E-state index contributed by atoms with van der Waals surface area (Å²) in [5.41, 5.74) is 0.616. The van der Waals surface area contributed by atoms with Crippen molar-refractivity contribution in [3.63, 3.8) is 0 Å². The fourth-order valence-electron chi connectivity index (χ4n) is 3.58. The second-order valence-corrected chi connectivity index (χ2v) is 9.71. The van der Waals surface area contributed by atoms with Gasteiger partial charge in [-0.15, -0.1) is 0 Å². The summed E-state index contributed by atoms with van der Waals surface area (Å²) < 4.78 is 6.68. The van der Waals surface area contributed by atoms with E-state index in [-0.39, 0.29) is 17.9 Å². The van der Waals surface area contributed by atoms with E-state index in [1.54, 1.807) is 4.90 Å². The molecule has 0 radical (unpaired) electrons. The van der Waals surface area contributed by atoms with Crippen LogP contribution in [0.4, 0.5) is 4.79 Å². The molecule has 29 heavy (non-hydrogen) atoms. The minimum Gasteiger partial charge on any atom is -0.443 e. The molecule has 0 unspecified atom stereocenters. The zero-order chi connectivity index (χ0) is 21.5. The smallest absolute Gasteiger partial charge is 0.410 e. The molecule has 162 valence electrons. The van der Waals surface area contributed by atoms with Crippen LogP contribution in [0.2, 0.25) is 0 Å². The molecule has 0 bridgehead atoms. The number of amides is 2. The summed E-state index contributed by atoms with van der Waals surface area (Å²) in [4.78, 5) is 26.7. The maximum Gasteiger partial charge on any atom is 0.410 e. The van der Waals surface area contributed by atoms with Crippen LogP contribution in [0.3, 0.4) is 0 Å². The Balaban J connectivity index is 1.72. The third-order valence-electron chi connectivity index (χ3n) is 5.40. The summed E-state index contributed by atoms with van der Waals surface area (Å²) in [6.45, 7) is 6.68. The summed E-state index contributed by atoms with van der Waals surface area (Å²) in [5.74, 6) is 0.0304. The van der Waals surface area contributed by atoms with Crippen molar-refractivity contribution in [2.75, 3.05) is 40.8 Å². The first kappa shape index (κ1) is 23.2. The Morgan fingerprint density at radius 1 is 1.14 bits per heavy atom. The van der Waals surface area contributed by atoms with Crippen LogP contribution >= 0.6 is 0 Å². The molecule has 0 aromatic heterocycles. The molecule has 1 N–H and O–H groups in total. The molecule has 2 rings (SSSR count). The maximum atomic E-state index is 12.6. The third-order valence-corrected chi connectivity index (χ3v) is 5.40. The summed E-state index contributed by atoms with van der Waals surface area (Å²) in [6.07, 6.45) is 2.94. The SMILES string of the molecule is CC(C)(CCC[N+](C)(C)C)OC(=O)N1CCC(C(=O)NCc2ccccc2)CC1. The van der Waals surface area contributed by atoms with Crippen molar-refractivity contribution in [3.05, 3.63) is 35.9 Å². The van der Waals surface area contributed by atoms with E-state index in [2.05, 4.69) is 26.5 Å². The van der Waals surface area contributed by atoms with Crippen LogP contribution in [0.5, 0.6) is 0 Å². The van der Waals surface area contributed by atoms with Gasteiger partial charge in [-0.05, 0) is 38.7 Å². The number of quaternary nitrogens is 1. The van der Waals surface area contributed by atoms with Gasteiger partial charge >= 0.3 is 6.09 Å². The average molecular weight is 405 g/mol. The Kier molecular flexibility index (Phi) is 8.08. The Morgan fingerprint density at radius 2 is 1.76 bits per heavy atom. The molecule has 1 aromatic rings. The molecule has 6 heteroatoms. The van der Waals surface area contributed by atoms with E-state index in [0.29, 0.717) is 32.5 Å². The predicted octanol–water partition coefficient (Wildman–Crippen LogP) is 3.42. The van der Waals surface area contributed by atoms with E-state index in [1.165, 1.54) is 0 Å². The van der Waals surface area contributed by atoms with Gasteiger partial charge in [-0.3, -0.25) is 4.79 Å². The molecule has 0 aliphatic carbocycles. The van der Waals surface area contributed by atoms with Crippen LogP contribution in [0.25, 0.3) is 0 Å². The number of hydrogen-bond acceptors (Lipinski definition) is 3. The molecule has 1 fully saturated rings. The fraction of sp³-hybridized carbons (Fsp3) is 0.652. The van der Waals surface area contributed by atoms with Gasteiger partial charge in [0.25, 0.3) is 0 Å². The normalized spacial score (nSPS) is 15.8. The predicted molar refractivity (Wildman–Crippen MR) is 115 cm³/mol. The highest BCUT2D eigenvalue weighted by Crippen LogP contribution is 2.22. The monoisotopic (exact) mass is 404 g/mol. The molecule has 1 aromatic carbocycles. The lowest BCUT2D eigenvalue weighted by Gasteiger charge is -2.34. The molecule has 1 aliphatic heterocycles. The minimum atomic E-state index is -0.476. The number of likely N-dealkylation sites (tertiary alicyclic amines) is 1. The number of piperidine rings is 1. The number of nitrogens with zero attached hydrogens (tertiary/aromatic N) is 2. The zero-order valence-electron chi connectivity index (χ0n) is 18.7. The second-order valence-electron chi connectivity index (χ2n) is 9.71. The summed E-state index contributed by atoms with van der Waals surface area (Å²) in [6, 6.07) is 9.90. The summed E-state index contributed by atoms with van der Waals surface area (Å²) in [7, 11) is 6.50. The molecule has 1 heterocycles. The molecule has 0 atom stereocenters. The van der Waals surface area contributed by atoms with Gasteiger partial charge in [0, 0.05) is 32.0 Å². The van der Waals surface area contributed by atoms with Crippen LogP contribution in [0.15, 0.2) is 30.3 Å².